The summed E-state index contributed by atoms with van der Waals surface area (Å²) < 4.78 is 54.3. The van der Waals surface area contributed by atoms with Crippen LogP contribution in [0.1, 0.15) is 22.3 Å². The molecule has 33 heavy (non-hydrogen) atoms. The summed E-state index contributed by atoms with van der Waals surface area (Å²) in [5.74, 6) is -1.19. The predicted octanol–water partition coefficient (Wildman–Crippen LogP) is 7.12. The Hall–Kier alpha value is -3.34. The molecule has 0 aliphatic heterocycles. The lowest BCUT2D eigenvalue weighted by molar-refractivity contribution is 0.627. The van der Waals surface area contributed by atoms with Gasteiger partial charge >= 0.3 is 0 Å². The van der Waals surface area contributed by atoms with Gasteiger partial charge in [-0.25, -0.2) is 17.6 Å². The zero-order valence-electron chi connectivity index (χ0n) is 18.2. The minimum absolute atomic E-state index is 0.299. The van der Waals surface area contributed by atoms with Gasteiger partial charge in [0.1, 0.15) is 23.3 Å². The standard InChI is InChI=1S/C28H24BF4/c30-25-9-1-21(2-10-25)17-29(18-22-3-11-26(31)12-4-22,19-23-5-13-27(32)14-6-23)20-24-7-15-28(33)16-8-24/h1-16H,17-20H2/q-1. The van der Waals surface area contributed by atoms with Crippen molar-refractivity contribution in [1.29, 1.82) is 0 Å². The molecule has 0 heterocycles. The molecule has 0 N–H and O–H groups in total. The van der Waals surface area contributed by atoms with E-state index in [1.54, 1.807) is 48.5 Å². The summed E-state index contributed by atoms with van der Waals surface area (Å²) in [5, 5.41) is 0. The van der Waals surface area contributed by atoms with Gasteiger partial charge in [0.25, 0.3) is 0 Å². The van der Waals surface area contributed by atoms with Crippen LogP contribution in [0.3, 0.4) is 0 Å². The fourth-order valence-corrected chi connectivity index (χ4v) is 4.91. The summed E-state index contributed by atoms with van der Waals surface area (Å²) in [5.41, 5.74) is 3.95. The van der Waals surface area contributed by atoms with Gasteiger partial charge in [-0.15, -0.1) is 0 Å². The fourth-order valence-electron chi connectivity index (χ4n) is 4.91. The van der Waals surface area contributed by atoms with Gasteiger partial charge in [0, 0.05) is 6.15 Å². The van der Waals surface area contributed by atoms with E-state index in [1.807, 2.05) is 0 Å². The minimum atomic E-state index is -1.26. The molecule has 0 bridgehead atoms. The highest BCUT2D eigenvalue weighted by Crippen LogP contribution is 2.27. The lowest BCUT2D eigenvalue weighted by Crippen LogP contribution is -2.46. The molecule has 0 fully saturated rings. The second kappa shape index (κ2) is 10.1. The van der Waals surface area contributed by atoms with E-state index in [2.05, 4.69) is 0 Å². The normalized spacial score (nSPS) is 11.5. The zero-order valence-corrected chi connectivity index (χ0v) is 18.2. The lowest BCUT2D eigenvalue weighted by atomic mass is 9.16. The van der Waals surface area contributed by atoms with Crippen LogP contribution < -0.4 is 0 Å². The maximum Gasteiger partial charge on any atom is 0.123 e. The molecule has 0 aromatic heterocycles. The Morgan fingerprint density at radius 2 is 0.515 bits per heavy atom. The molecule has 0 spiro atoms. The maximum absolute atomic E-state index is 13.6. The molecule has 0 unspecified atom stereocenters. The monoisotopic (exact) mass is 447 g/mol. The molecule has 0 saturated heterocycles. The van der Waals surface area contributed by atoms with Crippen molar-refractivity contribution in [3.63, 3.8) is 0 Å². The van der Waals surface area contributed by atoms with E-state index in [1.165, 1.54) is 48.5 Å². The van der Waals surface area contributed by atoms with E-state index in [0.717, 1.165) is 22.3 Å². The third-order valence-electron chi connectivity index (χ3n) is 6.33. The largest absolute Gasteiger partial charge is 0.207 e. The number of benzene rings is 4. The summed E-state index contributed by atoms with van der Waals surface area (Å²) >= 11 is 0. The Kier molecular flexibility index (Phi) is 6.97. The van der Waals surface area contributed by atoms with Crippen LogP contribution in [0.4, 0.5) is 17.6 Å². The molecule has 0 atom stereocenters. The van der Waals surface area contributed by atoms with Crippen molar-refractivity contribution in [3.05, 3.63) is 143 Å². The van der Waals surface area contributed by atoms with Crippen LogP contribution in [-0.4, -0.2) is 6.15 Å². The van der Waals surface area contributed by atoms with Gasteiger partial charge in [-0.2, -0.15) is 25.3 Å². The van der Waals surface area contributed by atoms with Crippen LogP contribution in [0, 0.1) is 23.3 Å². The van der Waals surface area contributed by atoms with Crippen LogP contribution >= 0.6 is 0 Å². The molecule has 4 rings (SSSR count). The summed E-state index contributed by atoms with van der Waals surface area (Å²) in [7, 11) is 0. The number of halogens is 4. The first-order valence-electron chi connectivity index (χ1n) is 11.1. The Bertz CT molecular complexity index is 973. The smallest absolute Gasteiger partial charge is 0.123 e. The maximum atomic E-state index is 13.6. The number of hydrogen-bond acceptors (Lipinski definition) is 0. The van der Waals surface area contributed by atoms with Crippen molar-refractivity contribution in [2.75, 3.05) is 0 Å². The van der Waals surface area contributed by atoms with E-state index >= 15 is 0 Å². The number of rotatable bonds is 8. The zero-order chi connectivity index (χ0) is 23.3. The minimum Gasteiger partial charge on any atom is -0.207 e. The van der Waals surface area contributed by atoms with E-state index in [-0.39, 0.29) is 23.3 Å². The lowest BCUT2D eigenvalue weighted by Gasteiger charge is -2.41. The van der Waals surface area contributed by atoms with Crippen LogP contribution in [0.5, 0.6) is 0 Å². The number of hydrogen-bond donors (Lipinski definition) is 0. The Morgan fingerprint density at radius 3 is 0.697 bits per heavy atom. The van der Waals surface area contributed by atoms with Gasteiger partial charge in [0.15, 0.2) is 0 Å². The average Bonchev–Trinajstić information content (AvgIpc) is 2.80. The van der Waals surface area contributed by atoms with Crippen molar-refractivity contribution in [1.82, 2.24) is 0 Å². The second-order valence-electron chi connectivity index (χ2n) is 9.05. The van der Waals surface area contributed by atoms with Crippen molar-refractivity contribution in [2.45, 2.75) is 25.3 Å². The summed E-state index contributed by atoms with van der Waals surface area (Å²) in [4.78, 5) is 0. The molecule has 0 aliphatic rings. The molecule has 5 heteroatoms. The molecule has 4 aromatic carbocycles. The van der Waals surface area contributed by atoms with E-state index in [4.69, 9.17) is 0 Å². The first-order chi connectivity index (χ1) is 15.9. The van der Waals surface area contributed by atoms with Gasteiger partial charge in [-0.3, -0.25) is 0 Å². The van der Waals surface area contributed by atoms with Crippen molar-refractivity contribution >= 4 is 6.15 Å². The second-order valence-corrected chi connectivity index (χ2v) is 9.05. The molecule has 0 radical (unpaired) electrons. The van der Waals surface area contributed by atoms with Crippen molar-refractivity contribution in [2.24, 2.45) is 0 Å². The molecule has 0 amide bonds. The van der Waals surface area contributed by atoms with Gasteiger partial charge in [0.05, 0.1) is 0 Å². The molecule has 0 aliphatic carbocycles. The summed E-state index contributed by atoms with van der Waals surface area (Å²) in [6.45, 7) is 0. The van der Waals surface area contributed by atoms with Crippen LogP contribution in [0.25, 0.3) is 0 Å². The highest BCUT2D eigenvalue weighted by Gasteiger charge is 2.27. The first kappa shape index (κ1) is 22.8. The summed E-state index contributed by atoms with van der Waals surface area (Å²) in [6, 6.07) is 25.9. The third-order valence-corrected chi connectivity index (χ3v) is 6.33. The molecule has 4 aromatic rings. The van der Waals surface area contributed by atoms with E-state index in [0.29, 0.717) is 25.3 Å². The Balaban J connectivity index is 1.77. The van der Waals surface area contributed by atoms with Crippen molar-refractivity contribution < 1.29 is 17.6 Å². The quantitative estimate of drug-likeness (QED) is 0.199. The Morgan fingerprint density at radius 1 is 0.333 bits per heavy atom. The van der Waals surface area contributed by atoms with E-state index < -0.39 is 6.15 Å². The van der Waals surface area contributed by atoms with Gasteiger partial charge in [0.2, 0.25) is 0 Å². The highest BCUT2D eigenvalue weighted by molar-refractivity contribution is 6.77. The van der Waals surface area contributed by atoms with Crippen LogP contribution in [-0.2, 0) is 25.3 Å². The molecule has 168 valence electrons. The molecular weight excluding hydrogens is 423 g/mol. The van der Waals surface area contributed by atoms with Gasteiger partial charge in [-0.1, -0.05) is 70.8 Å². The van der Waals surface area contributed by atoms with Crippen molar-refractivity contribution in [3.8, 4) is 0 Å². The molecule has 0 nitrogen and oxygen atoms in total. The SMILES string of the molecule is Fc1ccc(C[B-](Cc2ccc(F)cc2)(Cc2ccc(F)cc2)Cc2ccc(F)cc2)cc1. The predicted molar refractivity (Wildman–Crippen MR) is 126 cm³/mol. The summed E-state index contributed by atoms with van der Waals surface area (Å²) in [6.07, 6.45) is 1.43. The van der Waals surface area contributed by atoms with Gasteiger partial charge in [-0.05, 0) is 48.5 Å². The molecule has 0 saturated carbocycles. The molecular formula is C28H24BF4-. The Labute approximate surface area is 191 Å². The highest BCUT2D eigenvalue weighted by atomic mass is 19.1. The third kappa shape index (κ3) is 6.35. The topological polar surface area (TPSA) is 0 Å². The average molecular weight is 447 g/mol. The van der Waals surface area contributed by atoms with E-state index in [9.17, 15) is 17.6 Å². The van der Waals surface area contributed by atoms with Crippen LogP contribution in [0.2, 0.25) is 0 Å². The van der Waals surface area contributed by atoms with Gasteiger partial charge < -0.3 is 0 Å². The van der Waals surface area contributed by atoms with Crippen LogP contribution in [0.15, 0.2) is 97.1 Å². The fraction of sp³-hybridized carbons (Fsp3) is 0.143. The first-order valence-corrected chi connectivity index (χ1v) is 11.1.